The zero-order valence-electron chi connectivity index (χ0n) is 13.1. The van der Waals surface area contributed by atoms with Gasteiger partial charge in [-0.15, -0.1) is 12.4 Å². The lowest BCUT2D eigenvalue weighted by atomic mass is 9.98. The summed E-state index contributed by atoms with van der Waals surface area (Å²) in [5.41, 5.74) is 4.36. The van der Waals surface area contributed by atoms with Crippen LogP contribution in [0.2, 0.25) is 0 Å². The van der Waals surface area contributed by atoms with Crippen LogP contribution in [0.15, 0.2) is 0 Å². The summed E-state index contributed by atoms with van der Waals surface area (Å²) in [6.07, 6.45) is 3.38. The Kier molecular flexibility index (Phi) is 5.81. The van der Waals surface area contributed by atoms with E-state index in [4.69, 9.17) is 5.73 Å². The summed E-state index contributed by atoms with van der Waals surface area (Å²) in [5, 5.41) is 5.58. The summed E-state index contributed by atoms with van der Waals surface area (Å²) < 4.78 is 0. The molecule has 22 heavy (non-hydrogen) atoms. The van der Waals surface area contributed by atoms with Crippen LogP contribution < -0.4 is 16.4 Å². The Hall–Kier alpha value is -1.34. The number of halogens is 1. The Morgan fingerprint density at radius 1 is 1.36 bits per heavy atom. The number of rotatable bonds is 5. The molecule has 1 spiro atoms. The molecular weight excluding hydrogens is 308 g/mol. The molecule has 2 rings (SSSR count). The Bertz CT molecular complexity index is 461. The van der Waals surface area contributed by atoms with Crippen LogP contribution in [-0.2, 0) is 9.59 Å². The van der Waals surface area contributed by atoms with Crippen molar-refractivity contribution in [1.29, 1.82) is 0 Å². The molecule has 1 heterocycles. The van der Waals surface area contributed by atoms with Crippen LogP contribution in [0.5, 0.6) is 0 Å². The second kappa shape index (κ2) is 6.83. The van der Waals surface area contributed by atoms with Crippen molar-refractivity contribution < 1.29 is 14.4 Å². The normalized spacial score (nSPS) is 20.0. The third kappa shape index (κ3) is 3.70. The van der Waals surface area contributed by atoms with E-state index in [1.54, 1.807) is 0 Å². The molecule has 1 saturated heterocycles. The largest absolute Gasteiger partial charge is 0.350 e. The Morgan fingerprint density at radius 2 is 1.95 bits per heavy atom. The number of imide groups is 1. The molecule has 0 aromatic heterocycles. The number of carbonyl (C=O) groups is 3. The highest BCUT2D eigenvalue weighted by Gasteiger charge is 2.52. The van der Waals surface area contributed by atoms with E-state index >= 15 is 0 Å². The van der Waals surface area contributed by atoms with Crippen LogP contribution in [-0.4, -0.2) is 46.9 Å². The summed E-state index contributed by atoms with van der Waals surface area (Å²) in [6, 6.07) is -0.382. The van der Waals surface area contributed by atoms with Crippen LogP contribution in [0.3, 0.4) is 0 Å². The first-order valence-electron chi connectivity index (χ1n) is 7.45. The average molecular weight is 333 g/mol. The number of hydrogen-bond donors (Lipinski definition) is 3. The summed E-state index contributed by atoms with van der Waals surface area (Å²) in [4.78, 5) is 37.4. The van der Waals surface area contributed by atoms with Gasteiger partial charge in [0.25, 0.3) is 5.91 Å². The predicted molar refractivity (Wildman–Crippen MR) is 84.6 cm³/mol. The number of nitrogens with two attached hydrogens (primary N) is 1. The molecule has 4 N–H and O–H groups in total. The molecule has 8 heteroatoms. The first-order valence-corrected chi connectivity index (χ1v) is 7.45. The van der Waals surface area contributed by atoms with Gasteiger partial charge in [0.2, 0.25) is 5.91 Å². The van der Waals surface area contributed by atoms with Crippen LogP contribution in [0.4, 0.5) is 4.79 Å². The molecule has 0 aromatic carbocycles. The fraction of sp³-hybridized carbons (Fsp3) is 0.786. The molecule has 1 aliphatic heterocycles. The van der Waals surface area contributed by atoms with Crippen molar-refractivity contribution >= 4 is 30.3 Å². The first-order chi connectivity index (χ1) is 9.80. The van der Waals surface area contributed by atoms with Gasteiger partial charge in [-0.25, -0.2) is 4.79 Å². The molecule has 0 aromatic rings. The van der Waals surface area contributed by atoms with Crippen molar-refractivity contribution in [1.82, 2.24) is 15.5 Å². The third-order valence-electron chi connectivity index (χ3n) is 4.25. The fourth-order valence-electron chi connectivity index (χ4n) is 2.90. The van der Waals surface area contributed by atoms with E-state index in [9.17, 15) is 14.4 Å². The average Bonchev–Trinajstić information content (AvgIpc) is 2.95. The Balaban J connectivity index is 0.00000242. The second-order valence-corrected chi connectivity index (χ2v) is 6.56. The number of nitrogens with zero attached hydrogens (tertiary/aromatic N) is 1. The van der Waals surface area contributed by atoms with Gasteiger partial charge in [0, 0.05) is 25.0 Å². The van der Waals surface area contributed by atoms with Crippen molar-refractivity contribution in [2.45, 2.75) is 57.0 Å². The zero-order valence-corrected chi connectivity index (χ0v) is 13.9. The van der Waals surface area contributed by atoms with Crippen molar-refractivity contribution in [3.05, 3.63) is 0 Å². The molecule has 0 radical (unpaired) electrons. The minimum Gasteiger partial charge on any atom is -0.350 e. The lowest BCUT2D eigenvalue weighted by molar-refractivity contribution is -0.131. The van der Waals surface area contributed by atoms with Crippen molar-refractivity contribution in [2.24, 2.45) is 5.73 Å². The molecule has 0 atom stereocenters. The van der Waals surface area contributed by atoms with Crippen LogP contribution in [0.1, 0.15) is 46.0 Å². The number of nitrogens with one attached hydrogen (secondary N) is 2. The van der Waals surface area contributed by atoms with Crippen LogP contribution in [0.25, 0.3) is 0 Å². The van der Waals surface area contributed by atoms with Crippen molar-refractivity contribution in [2.75, 3.05) is 13.1 Å². The molecule has 2 aliphatic rings. The molecule has 0 unspecified atom stereocenters. The lowest BCUT2D eigenvalue weighted by Gasteiger charge is -2.25. The van der Waals surface area contributed by atoms with E-state index in [0.29, 0.717) is 19.4 Å². The maximum atomic E-state index is 12.4. The highest BCUT2D eigenvalue weighted by molar-refractivity contribution is 6.07. The van der Waals surface area contributed by atoms with Crippen LogP contribution >= 0.6 is 12.4 Å². The number of amides is 4. The molecular formula is C14H25ClN4O3. The number of hydrogen-bond acceptors (Lipinski definition) is 4. The van der Waals surface area contributed by atoms with E-state index in [0.717, 1.165) is 12.8 Å². The fourth-order valence-corrected chi connectivity index (χ4v) is 2.90. The van der Waals surface area contributed by atoms with E-state index in [1.807, 2.05) is 13.8 Å². The lowest BCUT2D eigenvalue weighted by Crippen LogP contribution is -2.49. The summed E-state index contributed by atoms with van der Waals surface area (Å²) >= 11 is 0. The Morgan fingerprint density at radius 3 is 2.50 bits per heavy atom. The topological polar surface area (TPSA) is 105 Å². The van der Waals surface area contributed by atoms with Crippen molar-refractivity contribution in [3.8, 4) is 0 Å². The zero-order chi connectivity index (χ0) is 15.7. The summed E-state index contributed by atoms with van der Waals surface area (Å²) in [6.45, 7) is 4.09. The van der Waals surface area contributed by atoms with E-state index < -0.39 is 11.1 Å². The van der Waals surface area contributed by atoms with Gasteiger partial charge in [-0.3, -0.25) is 14.5 Å². The smallest absolute Gasteiger partial charge is 0.325 e. The SMILES string of the molecule is CC(C)(CN)NC(=O)CCN1C(=O)NC2(CCCC2)C1=O.Cl. The second-order valence-electron chi connectivity index (χ2n) is 6.56. The monoisotopic (exact) mass is 332 g/mol. The quantitative estimate of drug-likeness (QED) is 0.638. The van der Waals surface area contributed by atoms with Gasteiger partial charge >= 0.3 is 6.03 Å². The highest BCUT2D eigenvalue weighted by atomic mass is 35.5. The molecule has 2 fully saturated rings. The van der Waals surface area contributed by atoms with Crippen molar-refractivity contribution in [3.63, 3.8) is 0 Å². The molecule has 1 saturated carbocycles. The van der Waals surface area contributed by atoms with Gasteiger partial charge in [-0.05, 0) is 26.7 Å². The highest BCUT2D eigenvalue weighted by Crippen LogP contribution is 2.34. The molecule has 0 bridgehead atoms. The predicted octanol–water partition coefficient (Wildman–Crippen LogP) is 0.516. The molecule has 1 aliphatic carbocycles. The van der Waals surface area contributed by atoms with Gasteiger partial charge in [0.1, 0.15) is 5.54 Å². The van der Waals surface area contributed by atoms with E-state index in [1.165, 1.54) is 4.90 Å². The molecule has 4 amide bonds. The number of urea groups is 1. The maximum absolute atomic E-state index is 12.4. The van der Waals surface area contributed by atoms with Gasteiger partial charge in [0.15, 0.2) is 0 Å². The van der Waals surface area contributed by atoms with E-state index in [2.05, 4.69) is 10.6 Å². The van der Waals surface area contributed by atoms with Gasteiger partial charge in [-0.1, -0.05) is 12.8 Å². The minimum absolute atomic E-state index is 0. The van der Waals surface area contributed by atoms with Gasteiger partial charge in [0.05, 0.1) is 0 Å². The first kappa shape index (κ1) is 18.7. The van der Waals surface area contributed by atoms with Gasteiger partial charge in [-0.2, -0.15) is 0 Å². The maximum Gasteiger partial charge on any atom is 0.325 e. The van der Waals surface area contributed by atoms with Gasteiger partial charge < -0.3 is 16.4 Å². The Labute approximate surface area is 136 Å². The third-order valence-corrected chi connectivity index (χ3v) is 4.25. The molecule has 7 nitrogen and oxygen atoms in total. The standard InChI is InChI=1S/C14H24N4O3.ClH/c1-13(2,9-15)16-10(19)5-8-18-11(20)14(17-12(18)21)6-3-4-7-14;/h3-9,15H2,1-2H3,(H,16,19)(H,17,21);1H. The number of carbonyl (C=O) groups excluding carboxylic acids is 3. The van der Waals surface area contributed by atoms with E-state index in [-0.39, 0.29) is 43.2 Å². The summed E-state index contributed by atoms with van der Waals surface area (Å²) in [5.74, 6) is -0.394. The van der Waals surface area contributed by atoms with Crippen LogP contribution in [0, 0.1) is 0 Å². The minimum atomic E-state index is -0.704. The molecule has 126 valence electrons. The summed E-state index contributed by atoms with van der Waals surface area (Å²) in [7, 11) is 0.